The van der Waals surface area contributed by atoms with Crippen molar-refractivity contribution in [3.8, 4) is 5.75 Å². The summed E-state index contributed by atoms with van der Waals surface area (Å²) in [6, 6.07) is 6.53. The van der Waals surface area contributed by atoms with E-state index in [-0.39, 0.29) is 6.04 Å². The van der Waals surface area contributed by atoms with Crippen molar-refractivity contribution in [2.45, 2.75) is 19.9 Å². The van der Waals surface area contributed by atoms with Gasteiger partial charge in [-0.15, -0.1) is 0 Å². The number of nitrogens with one attached hydrogen (secondary N) is 1. The molecule has 1 unspecified atom stereocenters. The Morgan fingerprint density at radius 2 is 2.06 bits per heavy atom. The molecule has 16 heavy (non-hydrogen) atoms. The van der Waals surface area contributed by atoms with E-state index >= 15 is 0 Å². The van der Waals surface area contributed by atoms with Crippen LogP contribution in [0.2, 0.25) is 0 Å². The van der Waals surface area contributed by atoms with Gasteiger partial charge in [0.05, 0.1) is 6.61 Å². The minimum absolute atomic E-state index is 0.289. The van der Waals surface area contributed by atoms with Gasteiger partial charge < -0.3 is 14.8 Å². The molecule has 0 saturated heterocycles. The van der Waals surface area contributed by atoms with Gasteiger partial charge in [0.2, 0.25) is 0 Å². The minimum Gasteiger partial charge on any atom is -0.491 e. The number of hydrogen-bond donors (Lipinski definition) is 1. The highest BCUT2D eigenvalue weighted by molar-refractivity contribution is 5.38. The second-order valence-corrected chi connectivity index (χ2v) is 3.89. The Morgan fingerprint density at radius 3 is 2.69 bits per heavy atom. The van der Waals surface area contributed by atoms with Crippen LogP contribution >= 0.6 is 0 Å². The molecule has 0 aliphatic carbocycles. The quantitative estimate of drug-likeness (QED) is 0.751. The zero-order chi connectivity index (χ0) is 12.0. The number of aryl methyl sites for hydroxylation is 1. The second kappa shape index (κ2) is 6.51. The molecule has 1 aromatic rings. The highest BCUT2D eigenvalue weighted by Gasteiger charge is 2.10. The molecule has 0 heterocycles. The first-order valence-electron chi connectivity index (χ1n) is 5.58. The molecule has 3 heteroatoms. The molecule has 0 amide bonds. The molecular formula is C13H21NO2. The number of hydrogen-bond acceptors (Lipinski definition) is 3. The van der Waals surface area contributed by atoms with Crippen LogP contribution in [0.15, 0.2) is 18.2 Å². The van der Waals surface area contributed by atoms with Gasteiger partial charge in [-0.2, -0.15) is 0 Å². The lowest BCUT2D eigenvalue weighted by Crippen LogP contribution is -2.15. The molecule has 0 aliphatic heterocycles. The zero-order valence-electron chi connectivity index (χ0n) is 10.5. The van der Waals surface area contributed by atoms with Crippen LogP contribution in [0.25, 0.3) is 0 Å². The molecule has 1 N–H and O–H groups in total. The van der Waals surface area contributed by atoms with Crippen LogP contribution in [0.1, 0.15) is 24.1 Å². The summed E-state index contributed by atoms with van der Waals surface area (Å²) < 4.78 is 10.7. The summed E-state index contributed by atoms with van der Waals surface area (Å²) in [5.74, 6) is 0.935. The third-order valence-corrected chi connectivity index (χ3v) is 2.61. The van der Waals surface area contributed by atoms with Gasteiger partial charge in [-0.05, 0) is 27.0 Å². The summed E-state index contributed by atoms with van der Waals surface area (Å²) in [5.41, 5.74) is 2.44. The average Bonchev–Trinajstić information content (AvgIpc) is 2.30. The lowest BCUT2D eigenvalue weighted by atomic mass is 10.0. The van der Waals surface area contributed by atoms with Gasteiger partial charge in [0.1, 0.15) is 12.4 Å². The Hall–Kier alpha value is -1.06. The smallest absolute Gasteiger partial charge is 0.124 e. The molecule has 0 saturated carbocycles. The Balaban J connectivity index is 2.80. The highest BCUT2D eigenvalue weighted by Crippen LogP contribution is 2.26. The summed E-state index contributed by atoms with van der Waals surface area (Å²) in [7, 11) is 3.63. The van der Waals surface area contributed by atoms with Crippen LogP contribution in [-0.4, -0.2) is 27.4 Å². The molecule has 3 nitrogen and oxygen atoms in total. The maximum atomic E-state index is 5.69. The maximum Gasteiger partial charge on any atom is 0.124 e. The monoisotopic (exact) mass is 223 g/mol. The zero-order valence-corrected chi connectivity index (χ0v) is 10.5. The Morgan fingerprint density at radius 1 is 1.31 bits per heavy atom. The van der Waals surface area contributed by atoms with Crippen molar-refractivity contribution in [3.63, 3.8) is 0 Å². The normalized spacial score (nSPS) is 12.5. The van der Waals surface area contributed by atoms with Crippen molar-refractivity contribution >= 4 is 0 Å². The summed E-state index contributed by atoms with van der Waals surface area (Å²) in [5, 5.41) is 3.23. The average molecular weight is 223 g/mol. The van der Waals surface area contributed by atoms with Crippen LogP contribution in [0.3, 0.4) is 0 Å². The standard InChI is InChI=1S/C13H21NO2/c1-10-5-6-13(16-8-7-15-4)12(9-10)11(2)14-3/h5-6,9,11,14H,7-8H2,1-4H3. The van der Waals surface area contributed by atoms with Gasteiger partial charge in [0.25, 0.3) is 0 Å². The van der Waals surface area contributed by atoms with Crippen molar-refractivity contribution in [3.05, 3.63) is 29.3 Å². The number of methoxy groups -OCH3 is 1. The SMILES string of the molecule is CNC(C)c1cc(C)ccc1OCCOC. The summed E-state index contributed by atoms with van der Waals surface area (Å²) in [6.45, 7) is 5.41. The first-order valence-corrected chi connectivity index (χ1v) is 5.58. The van der Waals surface area contributed by atoms with Crippen LogP contribution in [0, 0.1) is 6.92 Å². The predicted molar refractivity (Wildman–Crippen MR) is 66.0 cm³/mol. The van der Waals surface area contributed by atoms with E-state index in [0.717, 1.165) is 5.75 Å². The molecular weight excluding hydrogens is 202 g/mol. The summed E-state index contributed by atoms with van der Waals surface area (Å²) >= 11 is 0. The number of rotatable bonds is 6. The largest absolute Gasteiger partial charge is 0.491 e. The van der Waals surface area contributed by atoms with E-state index in [1.165, 1.54) is 11.1 Å². The van der Waals surface area contributed by atoms with Crippen LogP contribution in [-0.2, 0) is 4.74 Å². The molecule has 0 fully saturated rings. The molecule has 1 atom stereocenters. The first-order chi connectivity index (χ1) is 7.69. The third-order valence-electron chi connectivity index (χ3n) is 2.61. The lowest BCUT2D eigenvalue weighted by molar-refractivity contribution is 0.145. The van der Waals surface area contributed by atoms with Gasteiger partial charge in [0.15, 0.2) is 0 Å². The molecule has 1 rings (SSSR count). The van der Waals surface area contributed by atoms with Gasteiger partial charge >= 0.3 is 0 Å². The van der Waals surface area contributed by atoms with E-state index in [1.54, 1.807) is 7.11 Å². The van der Waals surface area contributed by atoms with Crippen LogP contribution in [0.5, 0.6) is 5.75 Å². The van der Waals surface area contributed by atoms with Gasteiger partial charge in [-0.1, -0.05) is 17.7 Å². The van der Waals surface area contributed by atoms with Crippen LogP contribution < -0.4 is 10.1 Å². The molecule has 90 valence electrons. The molecule has 0 spiro atoms. The first kappa shape index (κ1) is 13.0. The lowest BCUT2D eigenvalue weighted by Gasteiger charge is -2.17. The van der Waals surface area contributed by atoms with Crippen LogP contribution in [0.4, 0.5) is 0 Å². The Labute approximate surface area is 97.8 Å². The summed E-state index contributed by atoms with van der Waals surface area (Å²) in [4.78, 5) is 0. The molecule has 0 aromatic heterocycles. The number of benzene rings is 1. The topological polar surface area (TPSA) is 30.5 Å². The Kier molecular flexibility index (Phi) is 5.29. The third kappa shape index (κ3) is 3.51. The van der Waals surface area contributed by atoms with E-state index in [1.807, 2.05) is 13.1 Å². The molecule has 0 radical (unpaired) electrons. The predicted octanol–water partition coefficient (Wildman–Crippen LogP) is 2.30. The van der Waals surface area contributed by atoms with Gasteiger partial charge in [-0.3, -0.25) is 0 Å². The fraction of sp³-hybridized carbons (Fsp3) is 0.538. The fourth-order valence-corrected chi connectivity index (χ4v) is 1.53. The Bertz CT molecular complexity index is 326. The molecule has 0 aliphatic rings. The molecule has 0 bridgehead atoms. The molecule has 1 aromatic carbocycles. The van der Waals surface area contributed by atoms with E-state index in [2.05, 4.69) is 31.3 Å². The van der Waals surface area contributed by atoms with Crippen molar-refractivity contribution in [1.29, 1.82) is 0 Å². The van der Waals surface area contributed by atoms with Crippen molar-refractivity contribution in [2.75, 3.05) is 27.4 Å². The van der Waals surface area contributed by atoms with E-state index in [0.29, 0.717) is 13.2 Å². The highest BCUT2D eigenvalue weighted by atomic mass is 16.5. The summed E-state index contributed by atoms with van der Waals surface area (Å²) in [6.07, 6.45) is 0. The van der Waals surface area contributed by atoms with Gasteiger partial charge in [-0.25, -0.2) is 0 Å². The fourth-order valence-electron chi connectivity index (χ4n) is 1.53. The van der Waals surface area contributed by atoms with Gasteiger partial charge in [0, 0.05) is 18.7 Å². The van der Waals surface area contributed by atoms with Crippen molar-refractivity contribution in [2.24, 2.45) is 0 Å². The minimum atomic E-state index is 0.289. The van der Waals surface area contributed by atoms with E-state index in [9.17, 15) is 0 Å². The second-order valence-electron chi connectivity index (χ2n) is 3.89. The van der Waals surface area contributed by atoms with Crippen molar-refractivity contribution in [1.82, 2.24) is 5.32 Å². The van der Waals surface area contributed by atoms with E-state index < -0.39 is 0 Å². The van der Waals surface area contributed by atoms with Crippen molar-refractivity contribution < 1.29 is 9.47 Å². The number of ether oxygens (including phenoxy) is 2. The van der Waals surface area contributed by atoms with E-state index in [4.69, 9.17) is 9.47 Å². The maximum absolute atomic E-state index is 5.69.